The van der Waals surface area contributed by atoms with Crippen molar-refractivity contribution in [2.24, 2.45) is 11.5 Å². The van der Waals surface area contributed by atoms with E-state index in [0.717, 1.165) is 51.6 Å². The number of hydrogen-bond acceptors (Lipinski definition) is 6. The van der Waals surface area contributed by atoms with Crippen molar-refractivity contribution >= 4 is 11.9 Å². The lowest BCUT2D eigenvalue weighted by molar-refractivity contribution is -0.150. The molecule has 0 spiro atoms. The molecule has 0 aromatic carbocycles. The van der Waals surface area contributed by atoms with Crippen molar-refractivity contribution < 1.29 is 19.1 Å². The molecule has 0 heterocycles. The molecule has 4 N–H and O–H groups in total. The Balaban J connectivity index is 3.28. The second kappa shape index (κ2) is 30.1. The van der Waals surface area contributed by atoms with Crippen molar-refractivity contribution in [3.8, 4) is 0 Å². The Morgan fingerprint density at radius 1 is 0.361 bits per heavy atom. The summed E-state index contributed by atoms with van der Waals surface area (Å²) in [5.74, 6) is -0.582. The van der Waals surface area contributed by atoms with Gasteiger partial charge in [0.1, 0.15) is 0 Å². The molecule has 0 saturated carbocycles. The van der Waals surface area contributed by atoms with Crippen molar-refractivity contribution in [2.75, 3.05) is 26.3 Å². The van der Waals surface area contributed by atoms with Crippen LogP contribution in [-0.4, -0.2) is 38.2 Å². The molecule has 36 heavy (non-hydrogen) atoms. The smallest absolute Gasteiger partial charge is 0.306 e. The number of unbranched alkanes of at least 4 members (excludes halogenated alkanes) is 20. The molecule has 0 fully saturated rings. The Morgan fingerprint density at radius 3 is 0.833 bits per heavy atom. The third-order valence-electron chi connectivity index (χ3n) is 6.76. The fourth-order valence-electron chi connectivity index (χ4n) is 4.40. The van der Waals surface area contributed by atoms with Crippen molar-refractivity contribution in [1.29, 1.82) is 0 Å². The molecule has 0 rings (SSSR count). The largest absolute Gasteiger partial charge is 0.466 e. The first-order valence-electron chi connectivity index (χ1n) is 15.4. The molecular formula is C30H60N2O4. The van der Waals surface area contributed by atoms with Crippen LogP contribution in [0.1, 0.15) is 154 Å². The lowest BCUT2D eigenvalue weighted by atomic mass is 10.1. The summed E-state index contributed by atoms with van der Waals surface area (Å²) in [4.78, 5) is 23.6. The average Bonchev–Trinajstić information content (AvgIpc) is 2.88. The van der Waals surface area contributed by atoms with Gasteiger partial charge in [-0.3, -0.25) is 9.59 Å². The van der Waals surface area contributed by atoms with Gasteiger partial charge >= 0.3 is 11.9 Å². The quantitative estimate of drug-likeness (QED) is 0.0801. The topological polar surface area (TPSA) is 105 Å². The monoisotopic (exact) mass is 512 g/mol. The van der Waals surface area contributed by atoms with Crippen LogP contribution in [0.25, 0.3) is 0 Å². The normalized spacial score (nSPS) is 11.1. The fraction of sp³-hybridized carbons (Fsp3) is 0.933. The molecule has 0 aromatic rings. The van der Waals surface area contributed by atoms with Crippen LogP contribution in [0.4, 0.5) is 0 Å². The minimum absolute atomic E-state index is 0.121. The van der Waals surface area contributed by atoms with E-state index in [9.17, 15) is 9.59 Å². The zero-order valence-electron chi connectivity index (χ0n) is 23.6. The van der Waals surface area contributed by atoms with E-state index < -0.39 is 0 Å². The van der Waals surface area contributed by atoms with Crippen LogP contribution in [0.3, 0.4) is 0 Å². The molecule has 0 radical (unpaired) electrons. The van der Waals surface area contributed by atoms with E-state index >= 15 is 0 Å². The Morgan fingerprint density at radius 2 is 0.583 bits per heavy atom. The standard InChI is InChI=1S/C30H60N2O4/c31-25-19-15-11-7-3-1-5-9-13-17-21-27-35-29(33)23-24-30(34)36-28-22-18-14-10-6-2-4-8-12-16-20-26-32/h1-28,31-32H2. The van der Waals surface area contributed by atoms with Gasteiger partial charge in [-0.25, -0.2) is 0 Å². The van der Waals surface area contributed by atoms with E-state index in [-0.39, 0.29) is 24.8 Å². The summed E-state index contributed by atoms with van der Waals surface area (Å²) in [5, 5.41) is 0. The predicted octanol–water partition coefficient (Wildman–Crippen LogP) is 7.35. The second-order valence-electron chi connectivity index (χ2n) is 10.3. The van der Waals surface area contributed by atoms with Crippen molar-refractivity contribution in [1.82, 2.24) is 0 Å². The van der Waals surface area contributed by atoms with E-state index in [4.69, 9.17) is 20.9 Å². The van der Waals surface area contributed by atoms with Gasteiger partial charge in [0.05, 0.1) is 26.1 Å². The first-order valence-corrected chi connectivity index (χ1v) is 15.4. The lowest BCUT2D eigenvalue weighted by Gasteiger charge is -2.06. The number of ether oxygens (including phenoxy) is 2. The molecule has 214 valence electrons. The summed E-state index contributed by atoms with van der Waals surface area (Å²) in [6, 6.07) is 0. The number of carbonyl (C=O) groups is 2. The molecule has 0 unspecified atom stereocenters. The van der Waals surface area contributed by atoms with E-state index in [0.29, 0.717) is 13.2 Å². The SMILES string of the molecule is NCCCCCCCCCCCCCOC(=O)CCC(=O)OCCCCCCCCCCCCCN. The van der Waals surface area contributed by atoms with Crippen LogP contribution in [0, 0.1) is 0 Å². The van der Waals surface area contributed by atoms with Crippen molar-refractivity contribution in [2.45, 2.75) is 154 Å². The van der Waals surface area contributed by atoms with Gasteiger partial charge in [0.25, 0.3) is 0 Å². The minimum Gasteiger partial charge on any atom is -0.466 e. The first kappa shape index (κ1) is 34.9. The maximum atomic E-state index is 11.8. The fourth-order valence-corrected chi connectivity index (χ4v) is 4.40. The van der Waals surface area contributed by atoms with Crippen LogP contribution in [-0.2, 0) is 19.1 Å². The minimum atomic E-state index is -0.291. The highest BCUT2D eigenvalue weighted by Crippen LogP contribution is 2.12. The van der Waals surface area contributed by atoms with Crippen molar-refractivity contribution in [3.63, 3.8) is 0 Å². The Bertz CT molecular complexity index is 432. The van der Waals surface area contributed by atoms with Gasteiger partial charge in [-0.1, -0.05) is 116 Å². The highest BCUT2D eigenvalue weighted by Gasteiger charge is 2.09. The summed E-state index contributed by atoms with van der Waals surface area (Å²) in [6.07, 6.45) is 27.3. The summed E-state index contributed by atoms with van der Waals surface area (Å²) in [6.45, 7) is 2.56. The molecule has 0 atom stereocenters. The maximum absolute atomic E-state index is 11.8. The van der Waals surface area contributed by atoms with Gasteiger partial charge < -0.3 is 20.9 Å². The number of nitrogens with two attached hydrogens (primary N) is 2. The molecule has 6 nitrogen and oxygen atoms in total. The summed E-state index contributed by atoms with van der Waals surface area (Å²) >= 11 is 0. The molecule has 0 amide bonds. The van der Waals surface area contributed by atoms with E-state index in [1.54, 1.807) is 0 Å². The average molecular weight is 513 g/mol. The summed E-state index contributed by atoms with van der Waals surface area (Å²) in [7, 11) is 0. The van der Waals surface area contributed by atoms with Crippen LogP contribution in [0.5, 0.6) is 0 Å². The van der Waals surface area contributed by atoms with Gasteiger partial charge in [0.15, 0.2) is 0 Å². The molecular weight excluding hydrogens is 452 g/mol. The lowest BCUT2D eigenvalue weighted by Crippen LogP contribution is -2.11. The molecule has 6 heteroatoms. The van der Waals surface area contributed by atoms with Gasteiger partial charge in [-0.05, 0) is 38.8 Å². The Hall–Kier alpha value is -1.14. The molecule has 0 aliphatic carbocycles. The Labute approximate surface area is 223 Å². The Kier molecular flexibility index (Phi) is 29.1. The third kappa shape index (κ3) is 29.1. The number of esters is 2. The molecule has 0 aliphatic rings. The third-order valence-corrected chi connectivity index (χ3v) is 6.76. The molecule has 0 aromatic heterocycles. The van der Waals surface area contributed by atoms with Crippen molar-refractivity contribution in [3.05, 3.63) is 0 Å². The zero-order chi connectivity index (χ0) is 26.4. The number of hydrogen-bond donors (Lipinski definition) is 2. The van der Waals surface area contributed by atoms with Crippen LogP contribution in [0.2, 0.25) is 0 Å². The summed E-state index contributed by atoms with van der Waals surface area (Å²) < 4.78 is 10.5. The van der Waals surface area contributed by atoms with Gasteiger partial charge in [-0.15, -0.1) is 0 Å². The van der Waals surface area contributed by atoms with Gasteiger partial charge in [0, 0.05) is 0 Å². The number of rotatable bonds is 29. The number of carbonyl (C=O) groups excluding carboxylic acids is 2. The van der Waals surface area contributed by atoms with Gasteiger partial charge in [0.2, 0.25) is 0 Å². The molecule has 0 saturated heterocycles. The first-order chi connectivity index (χ1) is 17.7. The van der Waals surface area contributed by atoms with Crippen LogP contribution in [0.15, 0.2) is 0 Å². The van der Waals surface area contributed by atoms with E-state index in [1.165, 1.54) is 103 Å². The van der Waals surface area contributed by atoms with Crippen LogP contribution >= 0.6 is 0 Å². The highest BCUT2D eigenvalue weighted by atomic mass is 16.5. The second-order valence-corrected chi connectivity index (χ2v) is 10.3. The highest BCUT2D eigenvalue weighted by molar-refractivity contribution is 5.77. The molecule has 0 bridgehead atoms. The predicted molar refractivity (Wildman–Crippen MR) is 151 cm³/mol. The zero-order valence-corrected chi connectivity index (χ0v) is 23.6. The summed E-state index contributed by atoms with van der Waals surface area (Å²) in [5.41, 5.74) is 11.0. The van der Waals surface area contributed by atoms with Crippen LogP contribution < -0.4 is 11.5 Å². The van der Waals surface area contributed by atoms with E-state index in [1.807, 2.05) is 0 Å². The van der Waals surface area contributed by atoms with E-state index in [2.05, 4.69) is 0 Å². The maximum Gasteiger partial charge on any atom is 0.306 e. The van der Waals surface area contributed by atoms with Gasteiger partial charge in [-0.2, -0.15) is 0 Å². The molecule has 0 aliphatic heterocycles.